The van der Waals surface area contributed by atoms with E-state index in [0.29, 0.717) is 5.91 Å². The van der Waals surface area contributed by atoms with Gasteiger partial charge in [0, 0.05) is 13.1 Å². The lowest BCUT2D eigenvalue weighted by Crippen LogP contribution is -2.51. The Morgan fingerprint density at radius 2 is 1.83 bits per heavy atom. The van der Waals surface area contributed by atoms with Gasteiger partial charge in [0.2, 0.25) is 5.91 Å². The van der Waals surface area contributed by atoms with Crippen LogP contribution in [0.3, 0.4) is 0 Å². The fourth-order valence-electron chi connectivity index (χ4n) is 3.07. The minimum absolute atomic E-state index is 0. The average Bonchev–Trinajstić information content (AvgIpc) is 2.39. The second-order valence-electron chi connectivity index (χ2n) is 5.91. The number of piperidine rings is 2. The maximum Gasteiger partial charge on any atom is 0.239 e. The van der Waals surface area contributed by atoms with Gasteiger partial charge in [-0.2, -0.15) is 0 Å². The molecule has 0 spiro atoms. The molecular weight excluding hydrogens is 248 g/mol. The summed E-state index contributed by atoms with van der Waals surface area (Å²) >= 11 is 0. The maximum atomic E-state index is 12.3. The number of rotatable bonds is 2. The van der Waals surface area contributed by atoms with Crippen molar-refractivity contribution in [2.45, 2.75) is 52.0 Å². The van der Waals surface area contributed by atoms with Crippen molar-refractivity contribution in [3.63, 3.8) is 0 Å². The monoisotopic (exact) mass is 274 g/mol. The van der Waals surface area contributed by atoms with Crippen LogP contribution < -0.4 is 5.32 Å². The van der Waals surface area contributed by atoms with E-state index >= 15 is 0 Å². The highest BCUT2D eigenvalue weighted by Crippen LogP contribution is 2.25. The molecule has 0 bridgehead atoms. The molecule has 2 saturated heterocycles. The van der Waals surface area contributed by atoms with E-state index in [1.54, 1.807) is 0 Å². The predicted molar refractivity (Wildman–Crippen MR) is 77.0 cm³/mol. The first kappa shape index (κ1) is 15.8. The summed E-state index contributed by atoms with van der Waals surface area (Å²) < 4.78 is 0. The third-order valence-corrected chi connectivity index (χ3v) is 4.40. The van der Waals surface area contributed by atoms with E-state index in [1.165, 1.54) is 25.7 Å². The van der Waals surface area contributed by atoms with Gasteiger partial charge in [0.15, 0.2) is 0 Å². The van der Waals surface area contributed by atoms with Crippen molar-refractivity contribution in [1.29, 1.82) is 0 Å². The molecule has 3 nitrogen and oxygen atoms in total. The van der Waals surface area contributed by atoms with Gasteiger partial charge in [-0.25, -0.2) is 0 Å². The molecule has 18 heavy (non-hydrogen) atoms. The first-order valence-electron chi connectivity index (χ1n) is 7.20. The summed E-state index contributed by atoms with van der Waals surface area (Å²) in [5, 5.41) is 3.36. The number of nitrogens with zero attached hydrogens (tertiary/aromatic N) is 1. The minimum Gasteiger partial charge on any atom is -0.341 e. The number of hydrogen-bond donors (Lipinski definition) is 1. The number of carbonyl (C=O) groups excluding carboxylic acids is 1. The molecule has 1 unspecified atom stereocenters. The fraction of sp³-hybridized carbons (Fsp3) is 0.929. The standard InChI is InChI=1S/C14H26N2O.ClH/c1-11(2)12-6-9-16(10-7-12)14(17)13-5-3-4-8-15-13;/h11-13,15H,3-10H2,1-2H3;1H. The molecule has 1 atom stereocenters. The van der Waals surface area contributed by atoms with Gasteiger partial charge in [0.25, 0.3) is 0 Å². The first-order chi connectivity index (χ1) is 8.18. The second kappa shape index (κ2) is 7.34. The first-order valence-corrected chi connectivity index (χ1v) is 7.20. The van der Waals surface area contributed by atoms with Crippen LogP contribution in [0.2, 0.25) is 0 Å². The molecule has 1 amide bonds. The summed E-state index contributed by atoms with van der Waals surface area (Å²) in [5.41, 5.74) is 0. The Bertz CT molecular complexity index is 257. The molecule has 0 aromatic rings. The zero-order chi connectivity index (χ0) is 12.3. The molecule has 0 saturated carbocycles. The Labute approximate surface area is 117 Å². The van der Waals surface area contributed by atoms with Gasteiger partial charge in [-0.15, -0.1) is 12.4 Å². The van der Waals surface area contributed by atoms with Gasteiger partial charge >= 0.3 is 0 Å². The summed E-state index contributed by atoms with van der Waals surface area (Å²) in [6.45, 7) is 7.55. The van der Waals surface area contributed by atoms with E-state index in [0.717, 1.165) is 37.9 Å². The number of carbonyl (C=O) groups is 1. The highest BCUT2D eigenvalue weighted by Gasteiger charge is 2.29. The van der Waals surface area contributed by atoms with Crippen molar-refractivity contribution in [3.8, 4) is 0 Å². The lowest BCUT2D eigenvalue weighted by molar-refractivity contribution is -0.135. The molecule has 2 aliphatic heterocycles. The van der Waals surface area contributed by atoms with Gasteiger partial charge < -0.3 is 10.2 Å². The Morgan fingerprint density at radius 1 is 1.17 bits per heavy atom. The summed E-state index contributed by atoms with van der Waals surface area (Å²) in [4.78, 5) is 14.4. The van der Waals surface area contributed by atoms with Gasteiger partial charge in [-0.1, -0.05) is 20.3 Å². The highest BCUT2D eigenvalue weighted by molar-refractivity contribution is 5.85. The van der Waals surface area contributed by atoms with E-state index in [-0.39, 0.29) is 18.4 Å². The topological polar surface area (TPSA) is 32.3 Å². The Balaban J connectivity index is 0.00000162. The lowest BCUT2D eigenvalue weighted by Gasteiger charge is -2.36. The van der Waals surface area contributed by atoms with Gasteiger partial charge in [0.1, 0.15) is 0 Å². The minimum atomic E-state index is 0. The zero-order valence-electron chi connectivity index (χ0n) is 11.7. The van der Waals surface area contributed by atoms with Crippen LogP contribution in [-0.4, -0.2) is 36.5 Å². The lowest BCUT2D eigenvalue weighted by atomic mass is 9.86. The van der Waals surface area contributed by atoms with Crippen molar-refractivity contribution in [2.75, 3.05) is 19.6 Å². The predicted octanol–water partition coefficient (Wildman–Crippen LogP) is 2.44. The van der Waals surface area contributed by atoms with E-state index in [4.69, 9.17) is 0 Å². The van der Waals surface area contributed by atoms with Gasteiger partial charge in [-0.05, 0) is 44.1 Å². The molecule has 0 aromatic heterocycles. The molecule has 2 fully saturated rings. The molecule has 2 aliphatic rings. The van der Waals surface area contributed by atoms with Crippen LogP contribution in [0.5, 0.6) is 0 Å². The summed E-state index contributed by atoms with van der Waals surface area (Å²) in [6, 6.07) is 0.111. The number of nitrogens with one attached hydrogen (secondary N) is 1. The Kier molecular flexibility index (Phi) is 6.44. The van der Waals surface area contributed by atoms with Gasteiger partial charge in [-0.3, -0.25) is 4.79 Å². The van der Waals surface area contributed by atoms with Crippen LogP contribution in [0.1, 0.15) is 46.0 Å². The number of halogens is 1. The normalized spacial score (nSPS) is 25.9. The molecule has 0 aromatic carbocycles. The van der Waals surface area contributed by atoms with Crippen molar-refractivity contribution < 1.29 is 4.79 Å². The van der Waals surface area contributed by atoms with Crippen LogP contribution in [0.4, 0.5) is 0 Å². The molecule has 2 rings (SSSR count). The molecule has 2 heterocycles. The molecule has 106 valence electrons. The van der Waals surface area contributed by atoms with Crippen molar-refractivity contribution in [3.05, 3.63) is 0 Å². The van der Waals surface area contributed by atoms with E-state index in [9.17, 15) is 4.79 Å². The van der Waals surface area contributed by atoms with Crippen molar-refractivity contribution in [1.82, 2.24) is 10.2 Å². The van der Waals surface area contributed by atoms with Crippen LogP contribution >= 0.6 is 12.4 Å². The number of amides is 1. The summed E-state index contributed by atoms with van der Waals surface area (Å²) in [7, 11) is 0. The Hall–Kier alpha value is -0.280. The summed E-state index contributed by atoms with van der Waals surface area (Å²) in [6.07, 6.45) is 5.83. The van der Waals surface area contributed by atoms with Crippen LogP contribution in [0.25, 0.3) is 0 Å². The third-order valence-electron chi connectivity index (χ3n) is 4.40. The molecule has 4 heteroatoms. The zero-order valence-corrected chi connectivity index (χ0v) is 12.5. The molecule has 0 aliphatic carbocycles. The molecular formula is C14H27ClN2O. The average molecular weight is 275 g/mol. The smallest absolute Gasteiger partial charge is 0.239 e. The highest BCUT2D eigenvalue weighted by atomic mass is 35.5. The van der Waals surface area contributed by atoms with Crippen LogP contribution in [0, 0.1) is 11.8 Å². The van der Waals surface area contributed by atoms with Crippen LogP contribution in [0.15, 0.2) is 0 Å². The van der Waals surface area contributed by atoms with Gasteiger partial charge in [0.05, 0.1) is 6.04 Å². The fourth-order valence-corrected chi connectivity index (χ4v) is 3.07. The van der Waals surface area contributed by atoms with Crippen molar-refractivity contribution >= 4 is 18.3 Å². The molecule has 0 radical (unpaired) electrons. The van der Waals surface area contributed by atoms with E-state index in [2.05, 4.69) is 24.1 Å². The Morgan fingerprint density at radius 3 is 2.33 bits per heavy atom. The SMILES string of the molecule is CC(C)C1CCN(C(=O)C2CCCCN2)CC1.Cl. The maximum absolute atomic E-state index is 12.3. The largest absolute Gasteiger partial charge is 0.341 e. The second-order valence-corrected chi connectivity index (χ2v) is 5.91. The number of likely N-dealkylation sites (tertiary alicyclic amines) is 1. The third kappa shape index (κ3) is 3.86. The number of hydrogen-bond acceptors (Lipinski definition) is 2. The molecule has 1 N–H and O–H groups in total. The van der Waals surface area contributed by atoms with Crippen molar-refractivity contribution in [2.24, 2.45) is 11.8 Å². The van der Waals surface area contributed by atoms with Crippen LogP contribution in [-0.2, 0) is 4.79 Å². The van der Waals surface area contributed by atoms with E-state index in [1.807, 2.05) is 0 Å². The summed E-state index contributed by atoms with van der Waals surface area (Å²) in [5.74, 6) is 1.94. The van der Waals surface area contributed by atoms with E-state index < -0.39 is 0 Å². The quantitative estimate of drug-likeness (QED) is 0.839.